The van der Waals surface area contributed by atoms with Crippen molar-refractivity contribution in [1.29, 1.82) is 0 Å². The Labute approximate surface area is 87.3 Å². The summed E-state index contributed by atoms with van der Waals surface area (Å²) in [6, 6.07) is 4.50. The van der Waals surface area contributed by atoms with E-state index in [1.165, 1.54) is 16.7 Å². The number of hydrogen-bond acceptors (Lipinski definition) is 1. The van der Waals surface area contributed by atoms with Gasteiger partial charge >= 0.3 is 0 Å². The molecule has 1 nitrogen and oxygen atoms in total. The predicted octanol–water partition coefficient (Wildman–Crippen LogP) is 3.52. The van der Waals surface area contributed by atoms with Gasteiger partial charge in [0, 0.05) is 5.69 Å². The van der Waals surface area contributed by atoms with Crippen molar-refractivity contribution in [1.82, 2.24) is 0 Å². The molecule has 78 valence electrons. The average Bonchev–Trinajstić information content (AvgIpc) is 2.17. The number of rotatable bonds is 3. The predicted molar refractivity (Wildman–Crippen MR) is 63.7 cm³/mol. The van der Waals surface area contributed by atoms with Gasteiger partial charge in [-0.25, -0.2) is 0 Å². The number of aryl methyl sites for hydroxylation is 2. The molecule has 0 aromatic heterocycles. The molecular formula is C13H21N. The highest BCUT2D eigenvalue weighted by Gasteiger charge is 2.07. The van der Waals surface area contributed by atoms with Crippen LogP contribution in [0.15, 0.2) is 12.1 Å². The van der Waals surface area contributed by atoms with Crippen molar-refractivity contribution in [2.24, 2.45) is 0 Å². The molecule has 0 radical (unpaired) electrons. The highest BCUT2D eigenvalue weighted by atomic mass is 14.6. The fraction of sp³-hybridized carbons (Fsp3) is 0.538. The summed E-state index contributed by atoms with van der Waals surface area (Å²) >= 11 is 0. The van der Waals surface area contributed by atoms with Gasteiger partial charge in [0.15, 0.2) is 0 Å². The van der Waals surface area contributed by atoms with Gasteiger partial charge < -0.3 is 5.73 Å². The lowest BCUT2D eigenvalue weighted by Gasteiger charge is -2.14. The zero-order valence-electron chi connectivity index (χ0n) is 9.72. The Morgan fingerprint density at radius 3 is 1.79 bits per heavy atom. The molecule has 0 aliphatic rings. The second-order valence-corrected chi connectivity index (χ2v) is 4.11. The molecule has 0 amide bonds. The van der Waals surface area contributed by atoms with Gasteiger partial charge in [-0.15, -0.1) is 0 Å². The zero-order valence-corrected chi connectivity index (χ0v) is 9.72. The van der Waals surface area contributed by atoms with Gasteiger partial charge in [0.1, 0.15) is 0 Å². The van der Waals surface area contributed by atoms with E-state index in [2.05, 4.69) is 39.8 Å². The molecule has 0 bridgehead atoms. The van der Waals surface area contributed by atoms with E-state index in [1.807, 2.05) is 0 Å². The fourth-order valence-electron chi connectivity index (χ4n) is 1.72. The number of benzene rings is 1. The molecule has 0 spiro atoms. The molecule has 0 unspecified atom stereocenters. The molecule has 14 heavy (non-hydrogen) atoms. The first-order chi connectivity index (χ1) is 6.60. The van der Waals surface area contributed by atoms with E-state index in [4.69, 9.17) is 5.73 Å². The topological polar surface area (TPSA) is 26.0 Å². The lowest BCUT2D eigenvalue weighted by atomic mass is 9.94. The normalized spacial score (nSPS) is 10.9. The van der Waals surface area contributed by atoms with Crippen LogP contribution in [0.2, 0.25) is 0 Å². The molecule has 2 N–H and O–H groups in total. The van der Waals surface area contributed by atoms with Crippen LogP contribution in [0.25, 0.3) is 0 Å². The molecule has 1 aromatic rings. The molecule has 1 rings (SSSR count). The van der Waals surface area contributed by atoms with Gasteiger partial charge in [-0.3, -0.25) is 0 Å². The van der Waals surface area contributed by atoms with Crippen LogP contribution in [0.4, 0.5) is 5.69 Å². The van der Waals surface area contributed by atoms with E-state index < -0.39 is 0 Å². The minimum atomic E-state index is 0.589. The summed E-state index contributed by atoms with van der Waals surface area (Å²) in [6.45, 7) is 8.78. The molecular weight excluding hydrogens is 170 g/mol. The van der Waals surface area contributed by atoms with Gasteiger partial charge in [0.2, 0.25) is 0 Å². The molecule has 1 heteroatoms. The summed E-state index contributed by atoms with van der Waals surface area (Å²) in [5, 5.41) is 0. The number of anilines is 1. The van der Waals surface area contributed by atoms with Crippen LogP contribution in [0.1, 0.15) is 50.3 Å². The third-order valence-corrected chi connectivity index (χ3v) is 2.80. The van der Waals surface area contributed by atoms with E-state index in [1.54, 1.807) is 0 Å². The molecule has 0 aliphatic heterocycles. The second-order valence-electron chi connectivity index (χ2n) is 4.11. The summed E-state index contributed by atoms with van der Waals surface area (Å²) in [6.07, 6.45) is 2.05. The number of nitrogens with two attached hydrogens (primary N) is 1. The van der Waals surface area contributed by atoms with Crippen molar-refractivity contribution >= 4 is 5.69 Å². The summed E-state index contributed by atoms with van der Waals surface area (Å²) in [5.41, 5.74) is 11.1. The van der Waals surface area contributed by atoms with Crippen LogP contribution in [0, 0.1) is 0 Å². The average molecular weight is 191 g/mol. The van der Waals surface area contributed by atoms with Crippen molar-refractivity contribution < 1.29 is 0 Å². The van der Waals surface area contributed by atoms with Crippen LogP contribution in [0.5, 0.6) is 0 Å². The molecule has 0 aliphatic carbocycles. The Morgan fingerprint density at radius 1 is 1.07 bits per heavy atom. The minimum Gasteiger partial charge on any atom is -0.398 e. The minimum absolute atomic E-state index is 0.589. The van der Waals surface area contributed by atoms with Crippen LogP contribution < -0.4 is 5.73 Å². The van der Waals surface area contributed by atoms with Crippen molar-refractivity contribution in [3.8, 4) is 0 Å². The summed E-state index contributed by atoms with van der Waals surface area (Å²) in [4.78, 5) is 0. The van der Waals surface area contributed by atoms with Crippen LogP contribution in [-0.2, 0) is 12.8 Å². The SMILES string of the molecule is CCc1cc(C(C)C)cc(CC)c1N. The van der Waals surface area contributed by atoms with Crippen molar-refractivity contribution in [3.63, 3.8) is 0 Å². The van der Waals surface area contributed by atoms with Crippen LogP contribution in [-0.4, -0.2) is 0 Å². The second kappa shape index (κ2) is 4.50. The third-order valence-electron chi connectivity index (χ3n) is 2.80. The molecule has 0 heterocycles. The maximum Gasteiger partial charge on any atom is 0.0379 e. The quantitative estimate of drug-likeness (QED) is 0.727. The largest absolute Gasteiger partial charge is 0.398 e. The Morgan fingerprint density at radius 2 is 1.50 bits per heavy atom. The maximum absolute atomic E-state index is 6.07. The van der Waals surface area contributed by atoms with Gasteiger partial charge in [0.05, 0.1) is 0 Å². The highest BCUT2D eigenvalue weighted by molar-refractivity contribution is 5.56. The van der Waals surface area contributed by atoms with E-state index in [0.717, 1.165) is 18.5 Å². The first-order valence-corrected chi connectivity index (χ1v) is 5.51. The van der Waals surface area contributed by atoms with Crippen LogP contribution in [0.3, 0.4) is 0 Å². The van der Waals surface area contributed by atoms with Gasteiger partial charge in [0.25, 0.3) is 0 Å². The van der Waals surface area contributed by atoms with E-state index >= 15 is 0 Å². The molecule has 0 saturated heterocycles. The Kier molecular flexibility index (Phi) is 3.56. The van der Waals surface area contributed by atoms with Gasteiger partial charge in [-0.05, 0) is 35.4 Å². The standard InChI is InChI=1S/C13H21N/c1-5-10-7-12(9(3)4)8-11(6-2)13(10)14/h7-9H,5-6,14H2,1-4H3. The Hall–Kier alpha value is -0.980. The van der Waals surface area contributed by atoms with E-state index in [-0.39, 0.29) is 0 Å². The van der Waals surface area contributed by atoms with Crippen molar-refractivity contribution in [2.45, 2.75) is 46.5 Å². The maximum atomic E-state index is 6.07. The highest BCUT2D eigenvalue weighted by Crippen LogP contribution is 2.25. The fourth-order valence-corrected chi connectivity index (χ4v) is 1.72. The summed E-state index contributed by atoms with van der Waals surface area (Å²) in [7, 11) is 0. The molecule has 1 aromatic carbocycles. The Balaban J connectivity index is 3.25. The molecule has 0 atom stereocenters. The lowest BCUT2D eigenvalue weighted by molar-refractivity contribution is 0.858. The summed E-state index contributed by atoms with van der Waals surface area (Å²) in [5.74, 6) is 0.589. The van der Waals surface area contributed by atoms with Crippen molar-refractivity contribution in [3.05, 3.63) is 28.8 Å². The van der Waals surface area contributed by atoms with Crippen LogP contribution >= 0.6 is 0 Å². The smallest absolute Gasteiger partial charge is 0.0379 e. The lowest BCUT2D eigenvalue weighted by Crippen LogP contribution is -2.01. The monoisotopic (exact) mass is 191 g/mol. The molecule has 0 fully saturated rings. The Bertz CT molecular complexity index is 288. The third kappa shape index (κ3) is 2.09. The first kappa shape index (κ1) is 11.1. The number of nitrogen functional groups attached to an aromatic ring is 1. The van der Waals surface area contributed by atoms with E-state index in [9.17, 15) is 0 Å². The van der Waals surface area contributed by atoms with Gasteiger partial charge in [-0.2, -0.15) is 0 Å². The van der Waals surface area contributed by atoms with Gasteiger partial charge in [-0.1, -0.05) is 39.8 Å². The summed E-state index contributed by atoms with van der Waals surface area (Å²) < 4.78 is 0. The molecule has 0 saturated carbocycles. The van der Waals surface area contributed by atoms with E-state index in [0.29, 0.717) is 5.92 Å². The number of hydrogen-bond donors (Lipinski definition) is 1. The first-order valence-electron chi connectivity index (χ1n) is 5.51. The van der Waals surface area contributed by atoms with Crippen molar-refractivity contribution in [2.75, 3.05) is 5.73 Å². The zero-order chi connectivity index (χ0) is 10.7.